The van der Waals surface area contributed by atoms with E-state index in [1.54, 1.807) is 34.6 Å². The lowest BCUT2D eigenvalue weighted by Crippen LogP contribution is -2.48. The van der Waals surface area contributed by atoms with Crippen LogP contribution in [0, 0.1) is 0 Å². The lowest BCUT2D eigenvalue weighted by Gasteiger charge is -2.38. The maximum Gasteiger partial charge on any atom is 0.248 e. The zero-order valence-electron chi connectivity index (χ0n) is 14.8. The van der Waals surface area contributed by atoms with Gasteiger partial charge in [-0.05, 0) is 24.3 Å². The van der Waals surface area contributed by atoms with Crippen molar-refractivity contribution < 1.29 is 19.2 Å². The molecule has 10 heteroatoms. The van der Waals surface area contributed by atoms with Gasteiger partial charge in [0.15, 0.2) is 0 Å². The highest BCUT2D eigenvalue weighted by atomic mass is 33.1. The predicted octanol–water partition coefficient (Wildman–Crippen LogP) is 1.92. The van der Waals surface area contributed by atoms with Crippen LogP contribution in [-0.2, 0) is 19.2 Å². The van der Waals surface area contributed by atoms with Crippen LogP contribution in [0.3, 0.4) is 0 Å². The Morgan fingerprint density at radius 1 is 0.607 bits per heavy atom. The molecule has 0 radical (unpaired) electrons. The monoisotopic (exact) mass is 418 g/mol. The van der Waals surface area contributed by atoms with Crippen molar-refractivity contribution in [3.63, 3.8) is 0 Å². The van der Waals surface area contributed by atoms with E-state index in [2.05, 4.69) is 0 Å². The Labute approximate surface area is 169 Å². The molecule has 0 saturated carbocycles. The van der Waals surface area contributed by atoms with Crippen LogP contribution in [0.1, 0.15) is 25.7 Å². The molecule has 4 aliphatic rings. The van der Waals surface area contributed by atoms with Crippen molar-refractivity contribution in [1.82, 2.24) is 20.0 Å². The summed E-state index contributed by atoms with van der Waals surface area (Å²) < 4.78 is 0. The molecule has 2 atom stereocenters. The number of imide groups is 2. The van der Waals surface area contributed by atoms with Crippen LogP contribution in [0.15, 0.2) is 48.9 Å². The fourth-order valence-corrected chi connectivity index (χ4v) is 5.85. The summed E-state index contributed by atoms with van der Waals surface area (Å²) in [6.45, 7) is 0. The fraction of sp³-hybridized carbons (Fsp3) is 0.333. The lowest BCUT2D eigenvalue weighted by atomic mass is 10.4. The molecule has 4 aliphatic heterocycles. The Hall–Kier alpha value is -2.46. The summed E-state index contributed by atoms with van der Waals surface area (Å²) in [4.78, 5) is 48.5. The predicted molar refractivity (Wildman–Crippen MR) is 105 cm³/mol. The second-order valence-corrected chi connectivity index (χ2v) is 8.89. The van der Waals surface area contributed by atoms with Crippen molar-refractivity contribution in [1.29, 1.82) is 0 Å². The molecule has 2 saturated heterocycles. The number of allylic oxidation sites excluding steroid dienone is 4. The molecule has 0 aromatic heterocycles. The van der Waals surface area contributed by atoms with Crippen LogP contribution in [0.5, 0.6) is 0 Å². The van der Waals surface area contributed by atoms with Crippen LogP contribution >= 0.6 is 21.6 Å². The Morgan fingerprint density at radius 3 is 1.32 bits per heavy atom. The first kappa shape index (κ1) is 18.9. The van der Waals surface area contributed by atoms with Gasteiger partial charge in [0, 0.05) is 38.1 Å². The van der Waals surface area contributed by atoms with E-state index in [0.29, 0.717) is 0 Å². The third kappa shape index (κ3) is 3.49. The average Bonchev–Trinajstić information content (AvgIpc) is 3.21. The number of hydrazine groups is 2. The fourth-order valence-electron chi connectivity index (χ4n) is 3.21. The van der Waals surface area contributed by atoms with E-state index in [9.17, 15) is 19.2 Å². The largest absolute Gasteiger partial charge is 0.273 e. The van der Waals surface area contributed by atoms with Crippen molar-refractivity contribution in [3.05, 3.63) is 48.9 Å². The van der Waals surface area contributed by atoms with Gasteiger partial charge >= 0.3 is 0 Å². The topological polar surface area (TPSA) is 81.2 Å². The number of hydrogen-bond donors (Lipinski definition) is 0. The smallest absolute Gasteiger partial charge is 0.248 e. The molecule has 146 valence electrons. The molecule has 28 heavy (non-hydrogen) atoms. The Kier molecular flexibility index (Phi) is 5.31. The summed E-state index contributed by atoms with van der Waals surface area (Å²) >= 11 is 0. The van der Waals surface area contributed by atoms with Crippen molar-refractivity contribution >= 4 is 45.2 Å². The van der Waals surface area contributed by atoms with E-state index in [1.807, 2.05) is 24.3 Å². The van der Waals surface area contributed by atoms with Gasteiger partial charge in [0.25, 0.3) is 0 Å². The molecule has 0 aromatic carbocycles. The second kappa shape index (κ2) is 7.88. The first-order valence-electron chi connectivity index (χ1n) is 8.86. The highest BCUT2D eigenvalue weighted by Crippen LogP contribution is 2.40. The van der Waals surface area contributed by atoms with Crippen LogP contribution < -0.4 is 0 Å². The molecule has 4 rings (SSSR count). The Bertz CT molecular complexity index is 737. The van der Waals surface area contributed by atoms with Crippen molar-refractivity contribution in [2.45, 2.75) is 36.4 Å². The van der Waals surface area contributed by atoms with Gasteiger partial charge in [-0.2, -0.15) is 10.0 Å². The minimum atomic E-state index is -0.271. The van der Waals surface area contributed by atoms with E-state index in [0.717, 1.165) is 0 Å². The molecule has 2 fully saturated rings. The number of amides is 4. The molecule has 0 spiro atoms. The highest BCUT2D eigenvalue weighted by Gasteiger charge is 2.38. The number of hydrogen-bond acceptors (Lipinski definition) is 8. The van der Waals surface area contributed by atoms with Gasteiger partial charge in [-0.25, -0.2) is 0 Å². The highest BCUT2D eigenvalue weighted by molar-refractivity contribution is 8.77. The van der Waals surface area contributed by atoms with Crippen LogP contribution in [0.2, 0.25) is 0 Å². The quantitative estimate of drug-likeness (QED) is 0.495. The molecule has 0 aromatic rings. The van der Waals surface area contributed by atoms with E-state index < -0.39 is 0 Å². The molecule has 2 unspecified atom stereocenters. The van der Waals surface area contributed by atoms with Crippen LogP contribution in [0.4, 0.5) is 0 Å². The van der Waals surface area contributed by atoms with Crippen LogP contribution in [-0.4, -0.2) is 54.4 Å². The maximum absolute atomic E-state index is 12.1. The average molecular weight is 419 g/mol. The van der Waals surface area contributed by atoms with Gasteiger partial charge in [-0.15, -0.1) is 0 Å². The van der Waals surface area contributed by atoms with Crippen LogP contribution in [0.25, 0.3) is 0 Å². The zero-order valence-corrected chi connectivity index (χ0v) is 16.5. The summed E-state index contributed by atoms with van der Waals surface area (Å²) in [5.41, 5.74) is 0. The molecule has 8 nitrogen and oxygen atoms in total. The molecule has 0 bridgehead atoms. The zero-order chi connectivity index (χ0) is 19.7. The Morgan fingerprint density at radius 2 is 0.964 bits per heavy atom. The number of carbonyl (C=O) groups excluding carboxylic acids is 4. The van der Waals surface area contributed by atoms with E-state index in [1.165, 1.54) is 31.6 Å². The van der Waals surface area contributed by atoms with Gasteiger partial charge in [0.05, 0.1) is 0 Å². The summed E-state index contributed by atoms with van der Waals surface area (Å²) in [6, 6.07) is 0. The molecule has 0 N–H and O–H groups in total. The molecule has 4 heterocycles. The van der Waals surface area contributed by atoms with Gasteiger partial charge in [-0.3, -0.25) is 29.2 Å². The summed E-state index contributed by atoms with van der Waals surface area (Å²) in [7, 11) is 2.90. The number of nitrogens with zero attached hydrogens (tertiary/aromatic N) is 4. The van der Waals surface area contributed by atoms with E-state index >= 15 is 0 Å². The molecular formula is C18H18N4O4S2. The summed E-state index contributed by atoms with van der Waals surface area (Å²) in [5, 5.41) is 5.11. The van der Waals surface area contributed by atoms with Gasteiger partial charge in [-0.1, -0.05) is 33.7 Å². The third-order valence-electron chi connectivity index (χ3n) is 4.54. The number of rotatable bonds is 5. The van der Waals surface area contributed by atoms with Gasteiger partial charge in [0.1, 0.15) is 10.7 Å². The van der Waals surface area contributed by atoms with Gasteiger partial charge in [0.2, 0.25) is 23.6 Å². The van der Waals surface area contributed by atoms with Gasteiger partial charge < -0.3 is 0 Å². The standard InChI is InChI=1S/C18H18N4O4S2/c23-13-7-8-14(24)21(13)19-11-3-1-5-17(19)27-28-18-6-2-4-12-20(18)22-15(25)9-10-16(22)26/h1-6,11-12,17-18H,7-10H2. The Balaban J connectivity index is 1.46. The third-order valence-corrected chi connectivity index (χ3v) is 7.31. The minimum Gasteiger partial charge on any atom is -0.273 e. The lowest BCUT2D eigenvalue weighted by molar-refractivity contribution is -0.154. The second-order valence-electron chi connectivity index (χ2n) is 6.39. The minimum absolute atomic E-state index is 0.212. The van der Waals surface area contributed by atoms with Crippen molar-refractivity contribution in [2.75, 3.05) is 0 Å². The molecule has 4 amide bonds. The first-order valence-corrected chi connectivity index (χ1v) is 11.1. The SMILES string of the molecule is O=C1CCC(=O)N1N1C=CC=CC1SSC1C=CC=CN1N1C(=O)CCC1=O. The maximum atomic E-state index is 12.1. The van der Waals surface area contributed by atoms with Crippen molar-refractivity contribution in [2.24, 2.45) is 0 Å². The number of carbonyl (C=O) groups is 4. The molecular weight excluding hydrogens is 400 g/mol. The molecule has 0 aliphatic carbocycles. The van der Waals surface area contributed by atoms with E-state index in [-0.39, 0.29) is 60.1 Å². The van der Waals surface area contributed by atoms with Crippen molar-refractivity contribution in [3.8, 4) is 0 Å². The summed E-state index contributed by atoms with van der Waals surface area (Å²) in [5.74, 6) is -0.848. The normalized spacial score (nSPS) is 27.1. The summed E-state index contributed by atoms with van der Waals surface area (Å²) in [6.07, 6.45) is 15.4. The first-order chi connectivity index (χ1) is 13.6. The van der Waals surface area contributed by atoms with E-state index in [4.69, 9.17) is 0 Å².